The van der Waals surface area contributed by atoms with Gasteiger partial charge in [0.1, 0.15) is 4.91 Å². The molecule has 0 amide bonds. The van der Waals surface area contributed by atoms with Crippen LogP contribution in [0.25, 0.3) is 6.08 Å². The average molecular weight is 296 g/mol. The molecule has 2 rings (SSSR count). The van der Waals surface area contributed by atoms with E-state index in [0.29, 0.717) is 12.3 Å². The summed E-state index contributed by atoms with van der Waals surface area (Å²) in [6, 6.07) is 1.95. The molecule has 2 heterocycles. The second kappa shape index (κ2) is 6.03. The van der Waals surface area contributed by atoms with E-state index < -0.39 is 5.97 Å². The second-order valence-corrected chi connectivity index (χ2v) is 5.64. The lowest BCUT2D eigenvalue weighted by Gasteiger charge is -1.98. The van der Waals surface area contributed by atoms with Crippen molar-refractivity contribution < 1.29 is 14.3 Å². The molecule has 0 atom stereocenters. The highest BCUT2D eigenvalue weighted by atomic mass is 32.2. The summed E-state index contributed by atoms with van der Waals surface area (Å²) in [5, 5.41) is 19.0. The van der Waals surface area contributed by atoms with Gasteiger partial charge < -0.3 is 9.52 Å². The number of aliphatic carboxylic acids is 1. The Kier molecular flexibility index (Phi) is 4.39. The Morgan fingerprint density at radius 1 is 1.58 bits per heavy atom. The maximum Gasteiger partial charge on any atom is 0.342 e. The van der Waals surface area contributed by atoms with E-state index in [9.17, 15) is 9.90 Å². The number of rotatable bonds is 5. The van der Waals surface area contributed by atoms with Crippen LogP contribution in [-0.4, -0.2) is 21.3 Å². The number of carboxylic acids is 1. The summed E-state index contributed by atoms with van der Waals surface area (Å²) < 4.78 is 5.30. The van der Waals surface area contributed by atoms with Gasteiger partial charge in [-0.2, -0.15) is 0 Å². The molecule has 1 N–H and O–H groups in total. The number of nitrogens with zero attached hydrogens (tertiary/aromatic N) is 2. The predicted octanol–water partition coefficient (Wildman–Crippen LogP) is 3.22. The molecule has 0 fully saturated rings. The zero-order valence-electron chi connectivity index (χ0n) is 10.4. The lowest BCUT2D eigenvalue weighted by atomic mass is 10.3. The Morgan fingerprint density at radius 2 is 2.37 bits per heavy atom. The minimum absolute atomic E-state index is 0.164. The molecule has 5 nitrogen and oxygen atoms in total. The van der Waals surface area contributed by atoms with E-state index in [2.05, 4.69) is 10.2 Å². The first-order valence-electron chi connectivity index (χ1n) is 5.59. The maximum absolute atomic E-state index is 11.2. The van der Waals surface area contributed by atoms with Crippen molar-refractivity contribution in [1.82, 2.24) is 10.2 Å². The summed E-state index contributed by atoms with van der Waals surface area (Å²) in [5.41, 5.74) is 1.05. The smallest absolute Gasteiger partial charge is 0.342 e. The Balaban J connectivity index is 2.24. The van der Waals surface area contributed by atoms with Crippen molar-refractivity contribution >= 4 is 35.1 Å². The molecule has 0 unspecified atom stereocenters. The van der Waals surface area contributed by atoms with E-state index in [4.69, 9.17) is 4.42 Å². The third-order valence-electron chi connectivity index (χ3n) is 2.32. The van der Waals surface area contributed by atoms with Crippen LogP contribution >= 0.6 is 23.1 Å². The van der Waals surface area contributed by atoms with E-state index in [1.807, 2.05) is 25.3 Å². The molecule has 7 heteroatoms. The molecule has 0 spiro atoms. The quantitative estimate of drug-likeness (QED) is 0.674. The molecule has 2 aromatic rings. The predicted molar refractivity (Wildman–Crippen MR) is 74.2 cm³/mol. The monoisotopic (exact) mass is 296 g/mol. The van der Waals surface area contributed by atoms with Crippen molar-refractivity contribution in [2.75, 3.05) is 0 Å². The Hall–Kier alpha value is -1.60. The Labute approximate surface area is 118 Å². The van der Waals surface area contributed by atoms with Crippen molar-refractivity contribution in [3.05, 3.63) is 32.7 Å². The summed E-state index contributed by atoms with van der Waals surface area (Å²) in [4.78, 5) is 12.3. The molecule has 19 heavy (non-hydrogen) atoms. The van der Waals surface area contributed by atoms with Crippen LogP contribution in [0, 0.1) is 6.92 Å². The van der Waals surface area contributed by atoms with Crippen molar-refractivity contribution in [2.45, 2.75) is 25.5 Å². The summed E-state index contributed by atoms with van der Waals surface area (Å²) in [7, 11) is 0. The normalized spacial score (nSPS) is 11.8. The van der Waals surface area contributed by atoms with Gasteiger partial charge in [0.15, 0.2) is 0 Å². The van der Waals surface area contributed by atoms with Crippen molar-refractivity contribution in [1.29, 1.82) is 0 Å². The Bertz CT molecular complexity index is 616. The van der Waals surface area contributed by atoms with Crippen molar-refractivity contribution in [3.8, 4) is 0 Å². The lowest BCUT2D eigenvalue weighted by molar-refractivity contribution is -0.131. The minimum Gasteiger partial charge on any atom is -0.477 e. The number of hydrogen-bond acceptors (Lipinski definition) is 6. The fourth-order valence-corrected chi connectivity index (χ4v) is 2.91. The molecular formula is C12H12N2O3S2. The van der Waals surface area contributed by atoms with Crippen LogP contribution in [0.2, 0.25) is 0 Å². The number of carbonyl (C=O) groups is 1. The molecule has 2 aromatic heterocycles. The van der Waals surface area contributed by atoms with Crippen molar-refractivity contribution in [3.63, 3.8) is 0 Å². The number of thioether (sulfide) groups is 1. The van der Waals surface area contributed by atoms with Gasteiger partial charge in [-0.1, -0.05) is 6.92 Å². The molecule has 0 saturated heterocycles. The van der Waals surface area contributed by atoms with Crippen LogP contribution in [0.5, 0.6) is 0 Å². The molecule has 0 aliphatic carbocycles. The number of aromatic nitrogens is 2. The number of hydrogen-bond donors (Lipinski definition) is 1. The highest BCUT2D eigenvalue weighted by Gasteiger charge is 2.15. The summed E-state index contributed by atoms with van der Waals surface area (Å²) in [6.07, 6.45) is 2.26. The van der Waals surface area contributed by atoms with E-state index in [-0.39, 0.29) is 10.1 Å². The van der Waals surface area contributed by atoms with Crippen LogP contribution in [-0.2, 0) is 11.2 Å². The van der Waals surface area contributed by atoms with Gasteiger partial charge >= 0.3 is 5.97 Å². The van der Waals surface area contributed by atoms with Crippen LogP contribution in [0.15, 0.2) is 26.0 Å². The van der Waals surface area contributed by atoms with E-state index in [1.54, 1.807) is 6.08 Å². The molecule has 0 bridgehead atoms. The zero-order chi connectivity index (χ0) is 13.8. The first-order valence-corrected chi connectivity index (χ1v) is 7.29. The third kappa shape index (κ3) is 3.45. The second-order valence-electron chi connectivity index (χ2n) is 3.70. The highest BCUT2D eigenvalue weighted by Crippen LogP contribution is 2.29. The highest BCUT2D eigenvalue weighted by molar-refractivity contribution is 8.03. The average Bonchev–Trinajstić information content (AvgIpc) is 2.98. The van der Waals surface area contributed by atoms with Gasteiger partial charge in [0.25, 0.3) is 5.22 Å². The topological polar surface area (TPSA) is 76.2 Å². The first kappa shape index (κ1) is 13.8. The largest absolute Gasteiger partial charge is 0.477 e. The van der Waals surface area contributed by atoms with Gasteiger partial charge in [-0.25, -0.2) is 4.79 Å². The number of thiophene rings is 1. The molecule has 0 aliphatic rings. The Morgan fingerprint density at radius 3 is 2.89 bits per heavy atom. The fourth-order valence-electron chi connectivity index (χ4n) is 1.30. The first-order chi connectivity index (χ1) is 9.10. The van der Waals surface area contributed by atoms with Crippen LogP contribution < -0.4 is 0 Å². The van der Waals surface area contributed by atoms with Crippen LogP contribution in [0.4, 0.5) is 0 Å². The summed E-state index contributed by atoms with van der Waals surface area (Å²) in [6.45, 7) is 3.83. The zero-order valence-corrected chi connectivity index (χ0v) is 12.0. The van der Waals surface area contributed by atoms with Crippen molar-refractivity contribution in [2.24, 2.45) is 0 Å². The standard InChI is InChI=1S/C12H12N2O3S2/c1-3-10-13-14-12(17-10)19-9(11(15)16)6-8-7(2)4-5-18-8/h4-6H,3H2,1-2H3,(H,15,16)/b9-6-. The van der Waals surface area contributed by atoms with Gasteiger partial charge in [0, 0.05) is 11.3 Å². The fraction of sp³-hybridized carbons (Fsp3) is 0.250. The maximum atomic E-state index is 11.2. The minimum atomic E-state index is -1.01. The third-order valence-corrected chi connectivity index (χ3v) is 4.14. The van der Waals surface area contributed by atoms with Gasteiger partial charge in [-0.3, -0.25) is 0 Å². The number of aryl methyl sites for hydroxylation is 2. The lowest BCUT2D eigenvalue weighted by Crippen LogP contribution is -1.96. The van der Waals surface area contributed by atoms with Gasteiger partial charge in [0.05, 0.1) is 0 Å². The van der Waals surface area contributed by atoms with Gasteiger partial charge in [-0.15, -0.1) is 21.5 Å². The van der Waals surface area contributed by atoms with Gasteiger partial charge in [-0.05, 0) is 41.8 Å². The summed E-state index contributed by atoms with van der Waals surface area (Å²) >= 11 is 2.46. The molecule has 0 saturated carbocycles. The molecule has 0 aliphatic heterocycles. The van der Waals surface area contributed by atoms with E-state index in [0.717, 1.165) is 22.2 Å². The van der Waals surface area contributed by atoms with E-state index >= 15 is 0 Å². The van der Waals surface area contributed by atoms with Gasteiger partial charge in [0.2, 0.25) is 5.89 Å². The molecule has 100 valence electrons. The molecule has 0 aromatic carbocycles. The van der Waals surface area contributed by atoms with E-state index in [1.165, 1.54) is 11.3 Å². The van der Waals surface area contributed by atoms with Crippen LogP contribution in [0.1, 0.15) is 23.3 Å². The molecular weight excluding hydrogens is 284 g/mol. The summed E-state index contributed by atoms with van der Waals surface area (Å²) in [5.74, 6) is -0.506. The SMILES string of the molecule is CCc1nnc(S/C(=C\c2sccc2C)C(=O)O)o1. The molecule has 0 radical (unpaired) electrons. The number of carboxylic acid groups (broad SMARTS) is 1. The van der Waals surface area contributed by atoms with Crippen LogP contribution in [0.3, 0.4) is 0 Å².